The number of rotatable bonds is 4. The van der Waals surface area contributed by atoms with Crippen molar-refractivity contribution >= 4 is 47.6 Å². The molecule has 100 valence electrons. The molecule has 0 radical (unpaired) electrons. The second kappa shape index (κ2) is 5.11. The lowest BCUT2D eigenvalue weighted by atomic mass is 10.3. The van der Waals surface area contributed by atoms with Gasteiger partial charge in [0.25, 0.3) is 0 Å². The van der Waals surface area contributed by atoms with Gasteiger partial charge in [-0.15, -0.1) is 0 Å². The first-order valence-corrected chi connectivity index (χ1v) is 8.67. The van der Waals surface area contributed by atoms with Crippen LogP contribution in [-0.4, -0.2) is 25.3 Å². The minimum absolute atomic E-state index is 0.149. The number of nitrogens with two attached hydrogens (primary N) is 1. The molecular weight excluding hydrogens is 384 g/mol. The second-order valence-corrected chi connectivity index (χ2v) is 7.79. The Morgan fingerprint density at radius 2 is 1.83 bits per heavy atom. The summed E-state index contributed by atoms with van der Waals surface area (Å²) >= 11 is 6.57. The zero-order valence-electron chi connectivity index (χ0n) is 9.86. The van der Waals surface area contributed by atoms with Crippen molar-refractivity contribution in [2.75, 3.05) is 12.3 Å². The summed E-state index contributed by atoms with van der Waals surface area (Å²) in [6.07, 6.45) is 1.88. The average molecular weight is 398 g/mol. The van der Waals surface area contributed by atoms with E-state index in [4.69, 9.17) is 5.73 Å². The molecule has 0 unspecified atom stereocenters. The minimum atomic E-state index is -3.48. The Hall–Kier alpha value is -0.110. The molecule has 1 aliphatic carbocycles. The molecule has 2 rings (SSSR count). The maximum atomic E-state index is 12.6. The first-order valence-electron chi connectivity index (χ1n) is 5.64. The molecule has 1 fully saturated rings. The van der Waals surface area contributed by atoms with E-state index in [0.717, 1.165) is 12.8 Å². The van der Waals surface area contributed by atoms with Gasteiger partial charge in [0.2, 0.25) is 10.0 Å². The topological polar surface area (TPSA) is 63.4 Å². The third kappa shape index (κ3) is 2.59. The molecule has 0 saturated heterocycles. The van der Waals surface area contributed by atoms with Crippen molar-refractivity contribution < 1.29 is 8.42 Å². The van der Waals surface area contributed by atoms with E-state index in [9.17, 15) is 8.42 Å². The van der Waals surface area contributed by atoms with Gasteiger partial charge in [-0.25, -0.2) is 8.42 Å². The molecule has 0 amide bonds. The fraction of sp³-hybridized carbons (Fsp3) is 0.455. The summed E-state index contributed by atoms with van der Waals surface area (Å²) in [4.78, 5) is 0.255. The maximum Gasteiger partial charge on any atom is 0.245 e. The Bertz CT molecular complexity index is 547. The first-order chi connectivity index (χ1) is 8.37. The van der Waals surface area contributed by atoms with E-state index in [1.807, 2.05) is 6.92 Å². The van der Waals surface area contributed by atoms with Crippen molar-refractivity contribution in [1.29, 1.82) is 0 Å². The van der Waals surface area contributed by atoms with Gasteiger partial charge in [-0.05, 0) is 56.8 Å². The monoisotopic (exact) mass is 396 g/mol. The van der Waals surface area contributed by atoms with Crippen LogP contribution in [0.5, 0.6) is 0 Å². The lowest BCUT2D eigenvalue weighted by Crippen LogP contribution is -2.33. The summed E-state index contributed by atoms with van der Waals surface area (Å²) in [5, 5.41) is 0. The van der Waals surface area contributed by atoms with Gasteiger partial charge in [0.1, 0.15) is 4.90 Å². The van der Waals surface area contributed by atoms with Crippen molar-refractivity contribution in [2.24, 2.45) is 0 Å². The summed E-state index contributed by atoms with van der Waals surface area (Å²) in [5.74, 6) is 0. The van der Waals surface area contributed by atoms with Crippen LogP contribution in [0.2, 0.25) is 0 Å². The summed E-state index contributed by atoms with van der Waals surface area (Å²) < 4.78 is 27.8. The van der Waals surface area contributed by atoms with E-state index in [1.54, 1.807) is 16.4 Å². The minimum Gasteiger partial charge on any atom is -0.399 e. The molecule has 0 spiro atoms. The van der Waals surface area contributed by atoms with Gasteiger partial charge in [0, 0.05) is 27.2 Å². The van der Waals surface area contributed by atoms with Crippen LogP contribution in [0.4, 0.5) is 5.69 Å². The Balaban J connectivity index is 2.53. The van der Waals surface area contributed by atoms with Crippen LogP contribution >= 0.6 is 31.9 Å². The predicted octanol–water partition coefficient (Wildman–Crippen LogP) is 2.97. The van der Waals surface area contributed by atoms with Gasteiger partial charge < -0.3 is 5.73 Å². The molecule has 0 atom stereocenters. The van der Waals surface area contributed by atoms with Crippen LogP contribution in [0.25, 0.3) is 0 Å². The molecule has 1 aromatic carbocycles. The fourth-order valence-corrected chi connectivity index (χ4v) is 6.17. The van der Waals surface area contributed by atoms with E-state index in [2.05, 4.69) is 31.9 Å². The standard InChI is InChI=1S/C11H14Br2N2O2S/c1-2-15(8-3-4-8)18(16,17)11-9(12)5-7(14)6-10(11)13/h5-6,8H,2-4,14H2,1H3. The van der Waals surface area contributed by atoms with E-state index in [1.165, 1.54) is 0 Å². The smallest absolute Gasteiger partial charge is 0.245 e. The van der Waals surface area contributed by atoms with Gasteiger partial charge in [-0.3, -0.25) is 0 Å². The van der Waals surface area contributed by atoms with E-state index in [-0.39, 0.29) is 10.9 Å². The molecule has 7 heteroatoms. The lowest BCUT2D eigenvalue weighted by Gasteiger charge is -2.21. The molecule has 18 heavy (non-hydrogen) atoms. The number of nitrogens with zero attached hydrogens (tertiary/aromatic N) is 1. The Labute approximate surface area is 124 Å². The van der Waals surface area contributed by atoms with E-state index in [0.29, 0.717) is 21.2 Å². The van der Waals surface area contributed by atoms with Crippen LogP contribution in [0.1, 0.15) is 19.8 Å². The molecule has 0 heterocycles. The fourth-order valence-electron chi connectivity index (χ4n) is 1.93. The zero-order chi connectivity index (χ0) is 13.5. The lowest BCUT2D eigenvalue weighted by molar-refractivity contribution is 0.420. The van der Waals surface area contributed by atoms with Crippen LogP contribution < -0.4 is 5.73 Å². The molecule has 4 nitrogen and oxygen atoms in total. The quantitative estimate of drug-likeness (QED) is 0.794. The number of hydrogen-bond donors (Lipinski definition) is 1. The normalized spacial score (nSPS) is 16.2. The summed E-state index contributed by atoms with van der Waals surface area (Å²) in [6, 6.07) is 3.37. The van der Waals surface area contributed by atoms with Gasteiger partial charge in [-0.1, -0.05) is 6.92 Å². The molecule has 0 aromatic heterocycles. The maximum absolute atomic E-state index is 12.6. The SMILES string of the molecule is CCN(C1CC1)S(=O)(=O)c1c(Br)cc(N)cc1Br. The Morgan fingerprint density at radius 1 is 1.33 bits per heavy atom. The molecule has 0 bridgehead atoms. The average Bonchev–Trinajstić information content (AvgIpc) is 2.99. The highest BCUT2D eigenvalue weighted by atomic mass is 79.9. The van der Waals surface area contributed by atoms with Crippen LogP contribution in [0.3, 0.4) is 0 Å². The van der Waals surface area contributed by atoms with Crippen LogP contribution in [0.15, 0.2) is 26.0 Å². The van der Waals surface area contributed by atoms with Crippen molar-refractivity contribution in [1.82, 2.24) is 4.31 Å². The molecule has 2 N–H and O–H groups in total. The highest BCUT2D eigenvalue weighted by Gasteiger charge is 2.38. The molecular formula is C11H14Br2N2O2S. The van der Waals surface area contributed by atoms with Crippen molar-refractivity contribution in [2.45, 2.75) is 30.7 Å². The molecule has 1 aromatic rings. The van der Waals surface area contributed by atoms with Crippen molar-refractivity contribution in [3.63, 3.8) is 0 Å². The number of hydrogen-bond acceptors (Lipinski definition) is 3. The molecule has 0 aliphatic heterocycles. The van der Waals surface area contributed by atoms with Gasteiger partial charge in [0.05, 0.1) is 0 Å². The largest absolute Gasteiger partial charge is 0.399 e. The number of sulfonamides is 1. The van der Waals surface area contributed by atoms with Crippen molar-refractivity contribution in [3.8, 4) is 0 Å². The van der Waals surface area contributed by atoms with E-state index >= 15 is 0 Å². The number of nitrogen functional groups attached to an aromatic ring is 1. The summed E-state index contributed by atoms with van der Waals surface area (Å²) in [7, 11) is -3.48. The highest BCUT2D eigenvalue weighted by Crippen LogP contribution is 2.38. The number of benzene rings is 1. The van der Waals surface area contributed by atoms with Gasteiger partial charge in [0.15, 0.2) is 0 Å². The summed E-state index contributed by atoms with van der Waals surface area (Å²) in [6.45, 7) is 2.34. The third-order valence-electron chi connectivity index (χ3n) is 2.85. The van der Waals surface area contributed by atoms with E-state index < -0.39 is 10.0 Å². The first kappa shape index (κ1) is 14.3. The Kier molecular flexibility index (Phi) is 4.06. The van der Waals surface area contributed by atoms with Gasteiger partial charge >= 0.3 is 0 Å². The molecule has 1 aliphatic rings. The van der Waals surface area contributed by atoms with Crippen LogP contribution in [0, 0.1) is 0 Å². The Morgan fingerprint density at radius 3 is 2.22 bits per heavy atom. The summed E-state index contributed by atoms with van der Waals surface area (Å²) in [5.41, 5.74) is 6.20. The van der Waals surface area contributed by atoms with Crippen molar-refractivity contribution in [3.05, 3.63) is 21.1 Å². The third-order valence-corrected chi connectivity index (χ3v) is 6.76. The second-order valence-electron chi connectivity index (χ2n) is 4.25. The van der Waals surface area contributed by atoms with Gasteiger partial charge in [-0.2, -0.15) is 4.31 Å². The number of anilines is 1. The molecule has 1 saturated carbocycles. The zero-order valence-corrected chi connectivity index (χ0v) is 13.8. The number of halogens is 2. The van der Waals surface area contributed by atoms with Crippen LogP contribution in [-0.2, 0) is 10.0 Å². The highest BCUT2D eigenvalue weighted by molar-refractivity contribution is 9.11. The predicted molar refractivity (Wildman–Crippen MR) is 78.8 cm³/mol.